The van der Waals surface area contributed by atoms with Gasteiger partial charge in [0.05, 0.1) is 17.4 Å². The summed E-state index contributed by atoms with van der Waals surface area (Å²) in [5.41, 5.74) is 2.38. The summed E-state index contributed by atoms with van der Waals surface area (Å²) in [6.07, 6.45) is 10.7. The smallest absolute Gasteiger partial charge is 0.253 e. The Labute approximate surface area is 176 Å². The number of aromatic nitrogens is 2. The molecule has 0 radical (unpaired) electrons. The van der Waals surface area contributed by atoms with E-state index in [1.54, 1.807) is 6.33 Å². The number of H-pyrrole nitrogens is 1. The van der Waals surface area contributed by atoms with Gasteiger partial charge in [0, 0.05) is 30.1 Å². The molecule has 6 heteroatoms. The highest BCUT2D eigenvalue weighted by Gasteiger charge is 2.54. The van der Waals surface area contributed by atoms with Crippen LogP contribution in [-0.2, 0) is 4.79 Å². The zero-order valence-electron chi connectivity index (χ0n) is 17.4. The van der Waals surface area contributed by atoms with Gasteiger partial charge in [0.2, 0.25) is 5.91 Å². The van der Waals surface area contributed by atoms with Crippen LogP contribution in [0.5, 0.6) is 0 Å². The van der Waals surface area contributed by atoms with Gasteiger partial charge in [0.15, 0.2) is 0 Å². The molecule has 7 rings (SSSR count). The molecule has 5 fully saturated rings. The van der Waals surface area contributed by atoms with Crippen molar-refractivity contribution in [2.75, 3.05) is 13.1 Å². The Balaban J connectivity index is 1.07. The minimum atomic E-state index is -0.0822. The predicted molar refractivity (Wildman–Crippen MR) is 114 cm³/mol. The van der Waals surface area contributed by atoms with Crippen molar-refractivity contribution in [1.29, 1.82) is 0 Å². The van der Waals surface area contributed by atoms with Crippen LogP contribution in [0.3, 0.4) is 0 Å². The van der Waals surface area contributed by atoms with E-state index in [-0.39, 0.29) is 17.4 Å². The first kappa shape index (κ1) is 18.4. The first-order chi connectivity index (χ1) is 14.6. The van der Waals surface area contributed by atoms with Crippen molar-refractivity contribution in [3.05, 3.63) is 30.1 Å². The fourth-order valence-corrected chi connectivity index (χ4v) is 7.21. The van der Waals surface area contributed by atoms with Gasteiger partial charge in [-0.15, -0.1) is 0 Å². The summed E-state index contributed by atoms with van der Waals surface area (Å²) in [4.78, 5) is 35.4. The van der Waals surface area contributed by atoms with Gasteiger partial charge >= 0.3 is 0 Å². The molecule has 2 heterocycles. The number of fused-ring (bicyclic) bond motifs is 1. The summed E-state index contributed by atoms with van der Waals surface area (Å²) >= 11 is 0. The van der Waals surface area contributed by atoms with Gasteiger partial charge < -0.3 is 15.2 Å². The van der Waals surface area contributed by atoms with Crippen molar-refractivity contribution in [3.8, 4) is 0 Å². The Morgan fingerprint density at radius 2 is 1.70 bits per heavy atom. The number of carbonyl (C=O) groups is 2. The summed E-state index contributed by atoms with van der Waals surface area (Å²) < 4.78 is 0. The number of amides is 2. The van der Waals surface area contributed by atoms with E-state index in [1.165, 1.54) is 19.3 Å². The van der Waals surface area contributed by atoms with E-state index in [1.807, 2.05) is 23.1 Å². The summed E-state index contributed by atoms with van der Waals surface area (Å²) in [5, 5.41) is 3.41. The van der Waals surface area contributed by atoms with Gasteiger partial charge in [-0.2, -0.15) is 0 Å². The molecule has 4 aliphatic carbocycles. The van der Waals surface area contributed by atoms with Crippen LogP contribution < -0.4 is 5.32 Å². The molecule has 2 amide bonds. The highest BCUT2D eigenvalue weighted by atomic mass is 16.2. The molecule has 1 saturated heterocycles. The molecule has 1 aromatic heterocycles. The maximum Gasteiger partial charge on any atom is 0.253 e. The van der Waals surface area contributed by atoms with Crippen molar-refractivity contribution >= 4 is 22.8 Å². The second-order valence-corrected chi connectivity index (χ2v) is 10.4. The molecule has 2 aromatic rings. The molecule has 5 aliphatic rings. The van der Waals surface area contributed by atoms with E-state index in [2.05, 4.69) is 15.3 Å². The molecule has 0 spiro atoms. The molecular formula is C24H30N4O2. The minimum absolute atomic E-state index is 0.0670. The number of nitrogens with zero attached hydrogens (tertiary/aromatic N) is 2. The predicted octanol–water partition coefficient (Wildman–Crippen LogP) is 3.50. The van der Waals surface area contributed by atoms with Crippen LogP contribution in [0.25, 0.3) is 11.0 Å². The first-order valence-corrected chi connectivity index (χ1v) is 11.6. The lowest BCUT2D eigenvalue weighted by molar-refractivity contribution is -0.147. The van der Waals surface area contributed by atoms with Crippen molar-refractivity contribution in [3.63, 3.8) is 0 Å². The number of imidazole rings is 1. The van der Waals surface area contributed by atoms with Crippen molar-refractivity contribution in [2.45, 2.75) is 57.4 Å². The number of benzene rings is 1. The van der Waals surface area contributed by atoms with E-state index < -0.39 is 0 Å². The molecule has 4 saturated carbocycles. The molecule has 6 nitrogen and oxygen atoms in total. The van der Waals surface area contributed by atoms with Crippen molar-refractivity contribution < 1.29 is 9.59 Å². The standard InChI is InChI=1S/C24H30N4O2/c29-22(18-1-2-20-21(10-18)26-14-25-20)28-5-3-19(4-6-28)27-23(30)24-11-15-7-16(12-24)9-17(8-15)13-24/h1-2,10,14-17,19H,3-9,11-13H2,(H,25,26)(H,27,30). The third-order valence-electron chi connectivity index (χ3n) is 8.30. The summed E-state index contributed by atoms with van der Waals surface area (Å²) in [7, 11) is 0. The largest absolute Gasteiger partial charge is 0.353 e. The normalized spacial score (nSPS) is 33.2. The average molecular weight is 407 g/mol. The maximum atomic E-state index is 13.3. The molecular weight excluding hydrogens is 376 g/mol. The quantitative estimate of drug-likeness (QED) is 0.819. The highest BCUT2D eigenvalue weighted by molar-refractivity contribution is 5.97. The average Bonchev–Trinajstić information content (AvgIpc) is 3.21. The molecule has 30 heavy (non-hydrogen) atoms. The van der Waals surface area contributed by atoms with E-state index in [0.29, 0.717) is 24.6 Å². The molecule has 4 bridgehead atoms. The number of nitrogens with one attached hydrogen (secondary N) is 2. The Morgan fingerprint density at radius 1 is 1.03 bits per heavy atom. The van der Waals surface area contributed by atoms with Crippen LogP contribution in [0.1, 0.15) is 61.7 Å². The molecule has 1 aromatic carbocycles. The lowest BCUT2D eigenvalue weighted by atomic mass is 9.49. The third kappa shape index (κ3) is 3.03. The van der Waals surface area contributed by atoms with Crippen molar-refractivity contribution in [1.82, 2.24) is 20.2 Å². The SMILES string of the molecule is O=C(c1ccc2nc[nH]c2c1)N1CCC(NC(=O)C23CC4CC(CC(C4)C2)C3)CC1. The number of piperidine rings is 1. The van der Waals surface area contributed by atoms with Gasteiger partial charge in [0.1, 0.15) is 0 Å². The number of carbonyl (C=O) groups excluding carboxylic acids is 2. The first-order valence-electron chi connectivity index (χ1n) is 11.6. The number of hydrogen-bond acceptors (Lipinski definition) is 3. The zero-order valence-corrected chi connectivity index (χ0v) is 17.4. The molecule has 0 atom stereocenters. The van der Waals surface area contributed by atoms with Crippen LogP contribution in [0, 0.1) is 23.2 Å². The maximum absolute atomic E-state index is 13.3. The van der Waals surface area contributed by atoms with E-state index in [4.69, 9.17) is 0 Å². The number of aromatic amines is 1. The lowest BCUT2D eigenvalue weighted by Crippen LogP contribution is -2.56. The fraction of sp³-hybridized carbons (Fsp3) is 0.625. The van der Waals surface area contributed by atoms with Gasteiger partial charge in [-0.3, -0.25) is 9.59 Å². The van der Waals surface area contributed by atoms with Crippen LogP contribution in [0.15, 0.2) is 24.5 Å². The van der Waals surface area contributed by atoms with E-state index in [9.17, 15) is 9.59 Å². The van der Waals surface area contributed by atoms with Gasteiger partial charge in [-0.25, -0.2) is 4.98 Å². The monoisotopic (exact) mass is 406 g/mol. The molecule has 2 N–H and O–H groups in total. The van der Waals surface area contributed by atoms with Crippen LogP contribution in [0.2, 0.25) is 0 Å². The van der Waals surface area contributed by atoms with Gasteiger partial charge in [-0.05, 0) is 87.3 Å². The second-order valence-electron chi connectivity index (χ2n) is 10.4. The van der Waals surface area contributed by atoms with Crippen molar-refractivity contribution in [2.24, 2.45) is 23.2 Å². The lowest BCUT2D eigenvalue weighted by Gasteiger charge is -2.56. The van der Waals surface area contributed by atoms with Crippen LogP contribution >= 0.6 is 0 Å². The topological polar surface area (TPSA) is 78.1 Å². The van der Waals surface area contributed by atoms with E-state index >= 15 is 0 Å². The van der Waals surface area contributed by atoms with E-state index in [0.717, 1.165) is 60.9 Å². The molecule has 1 aliphatic heterocycles. The Morgan fingerprint density at radius 3 is 2.37 bits per heavy atom. The summed E-state index contributed by atoms with van der Waals surface area (Å²) in [6, 6.07) is 5.82. The Hall–Kier alpha value is -2.37. The zero-order chi connectivity index (χ0) is 20.3. The highest BCUT2D eigenvalue weighted by Crippen LogP contribution is 2.60. The number of rotatable bonds is 3. The number of likely N-dealkylation sites (tertiary alicyclic amines) is 1. The second kappa shape index (κ2) is 6.82. The van der Waals surface area contributed by atoms with Gasteiger partial charge in [-0.1, -0.05) is 0 Å². The minimum Gasteiger partial charge on any atom is -0.353 e. The molecule has 158 valence electrons. The molecule has 0 unspecified atom stereocenters. The number of hydrogen-bond donors (Lipinski definition) is 2. The van der Waals surface area contributed by atoms with Crippen LogP contribution in [0.4, 0.5) is 0 Å². The summed E-state index contributed by atoms with van der Waals surface area (Å²) in [6.45, 7) is 1.40. The Kier molecular flexibility index (Phi) is 4.19. The van der Waals surface area contributed by atoms with Gasteiger partial charge in [0.25, 0.3) is 5.91 Å². The van der Waals surface area contributed by atoms with Crippen LogP contribution in [-0.4, -0.2) is 45.8 Å². The third-order valence-corrected chi connectivity index (χ3v) is 8.30. The summed E-state index contributed by atoms with van der Waals surface area (Å²) in [5.74, 6) is 2.74. The fourth-order valence-electron chi connectivity index (χ4n) is 7.21. The Bertz CT molecular complexity index is 953.